The van der Waals surface area contributed by atoms with E-state index in [2.05, 4.69) is 17.4 Å². The molecule has 2 fully saturated rings. The zero-order valence-electron chi connectivity index (χ0n) is 13.3. The molecule has 5 heteroatoms. The van der Waals surface area contributed by atoms with Crippen LogP contribution in [0.2, 0.25) is 0 Å². The first-order valence-corrected chi connectivity index (χ1v) is 8.08. The van der Waals surface area contributed by atoms with Crippen molar-refractivity contribution in [2.24, 2.45) is 0 Å². The second-order valence-corrected chi connectivity index (χ2v) is 6.30. The van der Waals surface area contributed by atoms with Gasteiger partial charge in [-0.15, -0.1) is 12.4 Å². The molecule has 1 spiro atoms. The number of nitrogens with one attached hydrogen (secondary N) is 1. The summed E-state index contributed by atoms with van der Waals surface area (Å²) in [6.45, 7) is 1.12. The molecular formula is C19H21ClFNO2. The van der Waals surface area contributed by atoms with Crippen LogP contribution < -0.4 is 5.32 Å². The Morgan fingerprint density at radius 1 is 1.00 bits per heavy atom. The van der Waals surface area contributed by atoms with Crippen LogP contribution in [0.25, 0.3) is 0 Å². The van der Waals surface area contributed by atoms with Crippen molar-refractivity contribution < 1.29 is 13.9 Å². The summed E-state index contributed by atoms with van der Waals surface area (Å²) >= 11 is 0. The molecule has 24 heavy (non-hydrogen) atoms. The summed E-state index contributed by atoms with van der Waals surface area (Å²) in [7, 11) is 0. The predicted molar refractivity (Wildman–Crippen MR) is 92.6 cm³/mol. The van der Waals surface area contributed by atoms with Gasteiger partial charge in [-0.1, -0.05) is 42.5 Å². The van der Waals surface area contributed by atoms with Crippen molar-refractivity contribution in [3.05, 3.63) is 71.5 Å². The molecule has 1 unspecified atom stereocenters. The van der Waals surface area contributed by atoms with Gasteiger partial charge in [-0.3, -0.25) is 5.32 Å². The molecule has 0 saturated carbocycles. The lowest BCUT2D eigenvalue weighted by Crippen LogP contribution is -2.49. The smallest absolute Gasteiger partial charge is 0.143 e. The van der Waals surface area contributed by atoms with Gasteiger partial charge in [0.1, 0.15) is 11.5 Å². The quantitative estimate of drug-likeness (QED) is 0.883. The van der Waals surface area contributed by atoms with E-state index in [0.717, 1.165) is 18.4 Å². The summed E-state index contributed by atoms with van der Waals surface area (Å²) in [4.78, 5) is 0. The van der Waals surface area contributed by atoms with E-state index in [1.807, 2.05) is 30.3 Å². The van der Waals surface area contributed by atoms with Gasteiger partial charge in [-0.2, -0.15) is 0 Å². The molecule has 2 saturated heterocycles. The highest BCUT2D eigenvalue weighted by atomic mass is 35.5. The number of benzene rings is 2. The third kappa shape index (κ3) is 3.47. The van der Waals surface area contributed by atoms with E-state index in [1.54, 1.807) is 0 Å². The largest absolute Gasteiger partial charge is 0.369 e. The molecule has 2 aromatic carbocycles. The lowest BCUT2D eigenvalue weighted by Gasteiger charge is -2.37. The average molecular weight is 350 g/mol. The molecule has 2 aliphatic rings. The van der Waals surface area contributed by atoms with E-state index in [-0.39, 0.29) is 30.4 Å². The summed E-state index contributed by atoms with van der Waals surface area (Å²) < 4.78 is 25.1. The molecule has 3 atom stereocenters. The van der Waals surface area contributed by atoms with Crippen LogP contribution in [0.3, 0.4) is 0 Å². The van der Waals surface area contributed by atoms with Crippen molar-refractivity contribution in [1.82, 2.24) is 5.32 Å². The van der Waals surface area contributed by atoms with Gasteiger partial charge < -0.3 is 9.47 Å². The minimum atomic E-state index is -0.412. The van der Waals surface area contributed by atoms with Gasteiger partial charge in [-0.05, 0) is 36.1 Å². The highest BCUT2D eigenvalue weighted by molar-refractivity contribution is 5.85. The number of hydrogen-bond donors (Lipinski definition) is 1. The second-order valence-electron chi connectivity index (χ2n) is 6.30. The first-order chi connectivity index (χ1) is 11.2. The van der Waals surface area contributed by atoms with Crippen LogP contribution >= 0.6 is 12.4 Å². The number of halogens is 2. The van der Waals surface area contributed by atoms with Crippen molar-refractivity contribution >= 4 is 12.4 Å². The third-order valence-electron chi connectivity index (χ3n) is 4.74. The predicted octanol–water partition coefficient (Wildman–Crippen LogP) is 4.16. The van der Waals surface area contributed by atoms with Gasteiger partial charge in [0.05, 0.1) is 25.4 Å². The molecule has 3 nitrogen and oxygen atoms in total. The first-order valence-electron chi connectivity index (χ1n) is 8.08. The van der Waals surface area contributed by atoms with E-state index in [9.17, 15) is 4.39 Å². The normalized spacial score (nSPS) is 29.4. The molecular weight excluding hydrogens is 329 g/mol. The summed E-state index contributed by atoms with van der Waals surface area (Å²) in [6.07, 6.45) is 1.97. The Morgan fingerprint density at radius 3 is 2.42 bits per heavy atom. The molecule has 2 aliphatic heterocycles. The SMILES string of the molecule is Cl.Fc1ccc([C@H]2COC3(CC[C@H](c4ccccc4)OC3)N2)cc1. The monoisotopic (exact) mass is 349 g/mol. The molecule has 0 radical (unpaired) electrons. The lowest BCUT2D eigenvalue weighted by molar-refractivity contribution is -0.139. The van der Waals surface area contributed by atoms with Gasteiger partial charge in [0.2, 0.25) is 0 Å². The van der Waals surface area contributed by atoms with Gasteiger partial charge in [0.15, 0.2) is 0 Å². The van der Waals surface area contributed by atoms with E-state index in [1.165, 1.54) is 17.7 Å². The first kappa shape index (κ1) is 17.4. The highest BCUT2D eigenvalue weighted by Crippen LogP contribution is 2.38. The fraction of sp³-hybridized carbons (Fsp3) is 0.368. The van der Waals surface area contributed by atoms with Gasteiger partial charge in [-0.25, -0.2) is 4.39 Å². The van der Waals surface area contributed by atoms with Gasteiger partial charge in [0.25, 0.3) is 0 Å². The topological polar surface area (TPSA) is 30.5 Å². The van der Waals surface area contributed by atoms with Crippen LogP contribution in [0, 0.1) is 5.82 Å². The van der Waals surface area contributed by atoms with Crippen LogP contribution in [0.1, 0.15) is 36.1 Å². The number of ether oxygens (including phenoxy) is 2. The summed E-state index contributed by atoms with van der Waals surface area (Å²) in [5, 5.41) is 3.54. The zero-order chi connectivity index (χ0) is 15.7. The molecule has 1 N–H and O–H groups in total. The van der Waals surface area contributed by atoms with Crippen molar-refractivity contribution in [3.8, 4) is 0 Å². The fourth-order valence-electron chi connectivity index (χ4n) is 3.43. The maximum atomic E-state index is 13.1. The number of rotatable bonds is 2. The second kappa shape index (κ2) is 7.19. The van der Waals surface area contributed by atoms with E-state index in [0.29, 0.717) is 13.2 Å². The van der Waals surface area contributed by atoms with Crippen LogP contribution in [-0.4, -0.2) is 18.9 Å². The molecule has 2 heterocycles. The van der Waals surface area contributed by atoms with Crippen molar-refractivity contribution in [3.63, 3.8) is 0 Å². The van der Waals surface area contributed by atoms with E-state index >= 15 is 0 Å². The van der Waals surface area contributed by atoms with E-state index < -0.39 is 5.72 Å². The number of hydrogen-bond acceptors (Lipinski definition) is 3. The van der Waals surface area contributed by atoms with Gasteiger partial charge >= 0.3 is 0 Å². The standard InChI is InChI=1S/C19H20FNO2.ClH/c20-16-8-6-14(7-9-16)17-12-23-19(21-17)11-10-18(22-13-19)15-4-2-1-3-5-15;/h1-9,17-18,21H,10-13H2;1H/t17-,18-,19?;/m1./s1. The molecule has 0 aliphatic carbocycles. The summed E-state index contributed by atoms with van der Waals surface area (Å²) in [6, 6.07) is 17.0. The van der Waals surface area contributed by atoms with Crippen LogP contribution in [0.15, 0.2) is 54.6 Å². The minimum Gasteiger partial charge on any atom is -0.369 e. The highest BCUT2D eigenvalue weighted by Gasteiger charge is 2.43. The van der Waals surface area contributed by atoms with Crippen LogP contribution in [0.5, 0.6) is 0 Å². The Hall–Kier alpha value is -1.46. The average Bonchev–Trinajstić information content (AvgIpc) is 3.01. The molecule has 2 aromatic rings. The van der Waals surface area contributed by atoms with Crippen LogP contribution in [-0.2, 0) is 9.47 Å². The fourth-order valence-corrected chi connectivity index (χ4v) is 3.43. The lowest BCUT2D eigenvalue weighted by atomic mass is 9.96. The molecule has 4 rings (SSSR count). The van der Waals surface area contributed by atoms with Crippen molar-refractivity contribution in [2.75, 3.05) is 13.2 Å². The van der Waals surface area contributed by atoms with Gasteiger partial charge in [0, 0.05) is 0 Å². The Labute approximate surface area is 147 Å². The molecule has 0 bridgehead atoms. The molecule has 128 valence electrons. The van der Waals surface area contributed by atoms with Crippen molar-refractivity contribution in [1.29, 1.82) is 0 Å². The van der Waals surface area contributed by atoms with E-state index in [4.69, 9.17) is 9.47 Å². The Balaban J connectivity index is 0.00000169. The summed E-state index contributed by atoms with van der Waals surface area (Å²) in [5.41, 5.74) is 1.86. The molecule has 0 aromatic heterocycles. The molecule has 0 amide bonds. The van der Waals surface area contributed by atoms with Crippen molar-refractivity contribution in [2.45, 2.75) is 30.7 Å². The summed E-state index contributed by atoms with van der Waals surface area (Å²) in [5.74, 6) is -0.214. The Bertz CT molecular complexity index is 657. The van der Waals surface area contributed by atoms with Crippen LogP contribution in [0.4, 0.5) is 4.39 Å². The maximum Gasteiger partial charge on any atom is 0.143 e. The Morgan fingerprint density at radius 2 is 1.75 bits per heavy atom. The maximum absolute atomic E-state index is 13.1. The zero-order valence-corrected chi connectivity index (χ0v) is 14.1. The third-order valence-corrected chi connectivity index (χ3v) is 4.74. The minimum absolute atomic E-state index is 0. The Kier molecular flexibility index (Phi) is 5.21.